The molecule has 4 aromatic rings. The molecule has 1 aromatic heterocycles. The van der Waals surface area contributed by atoms with Gasteiger partial charge < -0.3 is 0 Å². The Kier molecular flexibility index (Phi) is 4.82. The largest absolute Gasteiger partial charge is 0.283 e. The molecule has 0 bridgehead atoms. The van der Waals surface area contributed by atoms with Crippen molar-refractivity contribution in [3.8, 4) is 10.6 Å². The van der Waals surface area contributed by atoms with Crippen molar-refractivity contribution in [1.82, 2.24) is 4.98 Å². The first-order valence-electron chi connectivity index (χ1n) is 8.29. The minimum absolute atomic E-state index is 0.0381. The zero-order valence-corrected chi connectivity index (χ0v) is 16.0. The van der Waals surface area contributed by atoms with Crippen molar-refractivity contribution in [3.63, 3.8) is 0 Å². The van der Waals surface area contributed by atoms with E-state index in [0.717, 1.165) is 32.9 Å². The van der Waals surface area contributed by atoms with Gasteiger partial charge in [-0.25, -0.2) is 22.2 Å². The predicted molar refractivity (Wildman–Crippen MR) is 108 cm³/mol. The Balaban J connectivity index is 1.52. The summed E-state index contributed by atoms with van der Waals surface area (Å²) >= 11 is 1.55. The van der Waals surface area contributed by atoms with E-state index in [9.17, 15) is 17.2 Å². The Hall–Kier alpha value is -2.84. The van der Waals surface area contributed by atoms with Gasteiger partial charge in [0.15, 0.2) is 0 Å². The monoisotopic (exact) mass is 416 g/mol. The number of nitrogens with zero attached hydrogens (tertiary/aromatic N) is 1. The molecule has 142 valence electrons. The summed E-state index contributed by atoms with van der Waals surface area (Å²) in [4.78, 5) is 4.57. The number of anilines is 1. The molecule has 8 heteroatoms. The lowest BCUT2D eigenvalue weighted by Crippen LogP contribution is -2.15. The zero-order chi connectivity index (χ0) is 19.7. The summed E-state index contributed by atoms with van der Waals surface area (Å²) in [6.45, 7) is 0. The van der Waals surface area contributed by atoms with Gasteiger partial charge in [-0.15, -0.1) is 11.3 Å². The number of nitrogens with one attached hydrogen (secondary N) is 1. The Morgan fingerprint density at radius 2 is 1.61 bits per heavy atom. The summed E-state index contributed by atoms with van der Waals surface area (Å²) in [5.41, 5.74) is 2.18. The first kappa shape index (κ1) is 18.5. The van der Waals surface area contributed by atoms with E-state index in [-0.39, 0.29) is 5.56 Å². The van der Waals surface area contributed by atoms with Gasteiger partial charge in [-0.2, -0.15) is 0 Å². The van der Waals surface area contributed by atoms with Gasteiger partial charge in [0.25, 0.3) is 0 Å². The number of thiazole rings is 1. The maximum Gasteiger partial charge on any atom is 0.236 e. The lowest BCUT2D eigenvalue weighted by atomic mass is 10.2. The molecule has 0 spiro atoms. The number of hydrogen-bond acceptors (Lipinski definition) is 4. The topological polar surface area (TPSA) is 59.1 Å². The van der Waals surface area contributed by atoms with Crippen molar-refractivity contribution in [1.29, 1.82) is 0 Å². The fraction of sp³-hybridized carbons (Fsp3) is 0.0500. The fourth-order valence-electron chi connectivity index (χ4n) is 2.81. The molecule has 0 fully saturated rings. The van der Waals surface area contributed by atoms with E-state index in [2.05, 4.69) is 9.71 Å². The van der Waals surface area contributed by atoms with Crippen LogP contribution in [-0.4, -0.2) is 13.4 Å². The van der Waals surface area contributed by atoms with Crippen LogP contribution in [0.2, 0.25) is 0 Å². The molecule has 0 unspecified atom stereocenters. The Morgan fingerprint density at radius 3 is 2.29 bits per heavy atom. The molecule has 0 saturated heterocycles. The van der Waals surface area contributed by atoms with Gasteiger partial charge in [0.05, 0.1) is 16.0 Å². The highest BCUT2D eigenvalue weighted by Gasteiger charge is 2.14. The highest BCUT2D eigenvalue weighted by molar-refractivity contribution is 7.91. The van der Waals surface area contributed by atoms with E-state index in [4.69, 9.17) is 0 Å². The molecular formula is C20H14F2N2O2S2. The number of hydrogen-bond donors (Lipinski definition) is 1. The van der Waals surface area contributed by atoms with Crippen LogP contribution in [0.4, 0.5) is 14.5 Å². The minimum atomic E-state index is -3.82. The number of fused-ring (bicyclic) bond motifs is 1. The van der Waals surface area contributed by atoms with Gasteiger partial charge in [-0.3, -0.25) is 4.72 Å². The highest BCUT2D eigenvalue weighted by Crippen LogP contribution is 2.30. The third-order valence-corrected chi connectivity index (χ3v) is 6.32. The maximum absolute atomic E-state index is 13.3. The van der Waals surface area contributed by atoms with Crippen LogP contribution >= 0.6 is 11.3 Å². The van der Waals surface area contributed by atoms with Crippen LogP contribution in [0.15, 0.2) is 66.7 Å². The molecular weight excluding hydrogens is 402 g/mol. The normalized spacial score (nSPS) is 11.6. The maximum atomic E-state index is 13.3. The van der Waals surface area contributed by atoms with Crippen molar-refractivity contribution < 1.29 is 17.2 Å². The van der Waals surface area contributed by atoms with Gasteiger partial charge in [0.1, 0.15) is 16.6 Å². The van der Waals surface area contributed by atoms with E-state index < -0.39 is 27.4 Å². The fourth-order valence-corrected chi connectivity index (χ4v) is 4.95. The summed E-state index contributed by atoms with van der Waals surface area (Å²) in [5.74, 6) is -2.16. The number of halogens is 2. The first-order valence-corrected chi connectivity index (χ1v) is 10.8. The molecule has 0 aliphatic rings. The summed E-state index contributed by atoms with van der Waals surface area (Å²) in [7, 11) is -3.82. The Labute approximate surface area is 164 Å². The third kappa shape index (κ3) is 4.18. The molecule has 0 atom stereocenters. The second kappa shape index (κ2) is 7.29. The van der Waals surface area contributed by atoms with Crippen LogP contribution in [-0.2, 0) is 15.8 Å². The quantitative estimate of drug-likeness (QED) is 0.487. The minimum Gasteiger partial charge on any atom is -0.283 e. The molecule has 0 amide bonds. The Morgan fingerprint density at radius 1 is 0.929 bits per heavy atom. The van der Waals surface area contributed by atoms with Crippen LogP contribution in [0, 0.1) is 11.6 Å². The smallest absolute Gasteiger partial charge is 0.236 e. The SMILES string of the molecule is O=S(=O)(Cc1cc(F)cc(F)c1)Nc1ccc(-c2nc3ccccc3s2)cc1. The van der Waals surface area contributed by atoms with E-state index >= 15 is 0 Å². The molecule has 3 aromatic carbocycles. The van der Waals surface area contributed by atoms with Crippen molar-refractivity contribution >= 4 is 37.3 Å². The summed E-state index contributed by atoms with van der Waals surface area (Å²) < 4.78 is 54.6. The number of rotatable bonds is 5. The van der Waals surface area contributed by atoms with Crippen LogP contribution in [0.3, 0.4) is 0 Å². The van der Waals surface area contributed by atoms with Gasteiger partial charge >= 0.3 is 0 Å². The van der Waals surface area contributed by atoms with Gasteiger partial charge in [0.2, 0.25) is 10.0 Å². The van der Waals surface area contributed by atoms with E-state index in [1.807, 2.05) is 24.3 Å². The summed E-state index contributed by atoms with van der Waals surface area (Å²) in [5, 5.41) is 0.839. The molecule has 0 radical (unpaired) electrons. The van der Waals surface area contributed by atoms with Gasteiger partial charge in [-0.1, -0.05) is 12.1 Å². The Bertz CT molecular complexity index is 1200. The second-order valence-electron chi connectivity index (χ2n) is 6.20. The molecule has 1 N–H and O–H groups in total. The average molecular weight is 416 g/mol. The van der Waals surface area contributed by atoms with Crippen molar-refractivity contribution in [3.05, 3.63) is 83.9 Å². The van der Waals surface area contributed by atoms with Crippen LogP contribution in [0.1, 0.15) is 5.56 Å². The molecule has 0 aliphatic carbocycles. The van der Waals surface area contributed by atoms with E-state index in [0.29, 0.717) is 11.8 Å². The highest BCUT2D eigenvalue weighted by atomic mass is 32.2. The number of para-hydroxylation sites is 1. The second-order valence-corrected chi connectivity index (χ2v) is 8.96. The average Bonchev–Trinajstić information content (AvgIpc) is 3.04. The standard InChI is InChI=1S/C20H14F2N2O2S2/c21-15-9-13(10-16(22)11-15)12-28(25,26)24-17-7-5-14(6-8-17)20-23-18-3-1-2-4-19(18)27-20/h1-11,24H,12H2. The summed E-state index contributed by atoms with van der Waals surface area (Å²) in [6.07, 6.45) is 0. The predicted octanol–water partition coefficient (Wildman–Crippen LogP) is 5.18. The van der Waals surface area contributed by atoms with Gasteiger partial charge in [-0.05, 0) is 54.1 Å². The zero-order valence-electron chi connectivity index (χ0n) is 14.4. The lowest BCUT2D eigenvalue weighted by Gasteiger charge is -2.09. The van der Waals surface area contributed by atoms with E-state index in [1.54, 1.807) is 35.6 Å². The molecule has 1 heterocycles. The number of sulfonamides is 1. The third-order valence-electron chi connectivity index (χ3n) is 3.98. The van der Waals surface area contributed by atoms with Crippen molar-refractivity contribution in [2.45, 2.75) is 5.75 Å². The molecule has 0 saturated carbocycles. The first-order chi connectivity index (χ1) is 13.4. The van der Waals surface area contributed by atoms with Gasteiger partial charge in [0, 0.05) is 17.3 Å². The van der Waals surface area contributed by atoms with Crippen LogP contribution < -0.4 is 4.72 Å². The molecule has 4 nitrogen and oxygen atoms in total. The lowest BCUT2D eigenvalue weighted by molar-refractivity contribution is 0.579. The van der Waals surface area contributed by atoms with Crippen molar-refractivity contribution in [2.75, 3.05) is 4.72 Å². The molecule has 28 heavy (non-hydrogen) atoms. The van der Waals surface area contributed by atoms with Crippen LogP contribution in [0.25, 0.3) is 20.8 Å². The van der Waals surface area contributed by atoms with Crippen molar-refractivity contribution in [2.24, 2.45) is 0 Å². The molecule has 0 aliphatic heterocycles. The summed E-state index contributed by atoms with van der Waals surface area (Å²) in [6, 6.07) is 17.3. The number of aromatic nitrogens is 1. The molecule has 4 rings (SSSR count). The number of benzene rings is 3. The van der Waals surface area contributed by atoms with Crippen LogP contribution in [0.5, 0.6) is 0 Å². The van der Waals surface area contributed by atoms with E-state index in [1.165, 1.54) is 0 Å².